The number of imidazole rings is 1. The van der Waals surface area contributed by atoms with E-state index < -0.39 is 0 Å². The molecule has 0 atom stereocenters. The van der Waals surface area contributed by atoms with Gasteiger partial charge in [0.1, 0.15) is 21.4 Å². The molecule has 1 N–H and O–H groups in total. The Balaban J connectivity index is 1.92. The van der Waals surface area contributed by atoms with Crippen LogP contribution in [0.4, 0.5) is 0 Å². The number of H-pyrrole nitrogens is 1. The highest BCUT2D eigenvalue weighted by Crippen LogP contribution is 2.34. The van der Waals surface area contributed by atoms with Crippen LogP contribution in [0.2, 0.25) is 0 Å². The number of hydrogen-bond acceptors (Lipinski definition) is 7. The number of nitrogens with one attached hydrogen (secondary N) is 1. The van der Waals surface area contributed by atoms with Gasteiger partial charge in [0.05, 0.1) is 0 Å². The summed E-state index contributed by atoms with van der Waals surface area (Å²) in [6.45, 7) is 0. The van der Waals surface area contributed by atoms with Crippen LogP contribution in [-0.4, -0.2) is 24.9 Å². The molecule has 0 aliphatic carbocycles. The Bertz CT molecular complexity index is 748. The molecule has 0 fully saturated rings. The Kier molecular flexibility index (Phi) is 2.91. The molecule has 0 spiro atoms. The molecule has 98 valence electrons. The van der Waals surface area contributed by atoms with Crippen molar-refractivity contribution in [1.29, 1.82) is 0 Å². The minimum absolute atomic E-state index is 0.760. The minimum Gasteiger partial charge on any atom is -0.333 e. The third-order valence-corrected chi connectivity index (χ3v) is 4.97. The van der Waals surface area contributed by atoms with E-state index in [0.717, 1.165) is 32.2 Å². The van der Waals surface area contributed by atoms with E-state index >= 15 is 0 Å². The second-order valence-electron chi connectivity index (χ2n) is 3.82. The van der Waals surface area contributed by atoms with Crippen LogP contribution in [0.15, 0.2) is 34.7 Å². The number of aromatic nitrogens is 5. The van der Waals surface area contributed by atoms with Crippen LogP contribution in [0.1, 0.15) is 0 Å². The third-order valence-electron chi connectivity index (χ3n) is 2.62. The number of thiazole rings is 3. The van der Waals surface area contributed by atoms with Gasteiger partial charge in [0.15, 0.2) is 10.8 Å². The first-order valence-corrected chi connectivity index (χ1v) is 8.35. The van der Waals surface area contributed by atoms with E-state index in [1.807, 2.05) is 16.1 Å². The molecule has 4 rings (SSSR count). The monoisotopic (exact) mass is 317 g/mol. The molecule has 8 heteroatoms. The molecular weight excluding hydrogens is 310 g/mol. The zero-order chi connectivity index (χ0) is 13.4. The molecule has 0 radical (unpaired) electrons. The number of hydrogen-bond donors (Lipinski definition) is 1. The van der Waals surface area contributed by atoms with Crippen LogP contribution < -0.4 is 0 Å². The van der Waals surface area contributed by atoms with Crippen molar-refractivity contribution >= 4 is 34.0 Å². The van der Waals surface area contributed by atoms with Gasteiger partial charge >= 0.3 is 0 Å². The highest BCUT2D eigenvalue weighted by molar-refractivity contribution is 7.14. The lowest BCUT2D eigenvalue weighted by Gasteiger charge is -1.94. The van der Waals surface area contributed by atoms with E-state index in [4.69, 9.17) is 0 Å². The zero-order valence-corrected chi connectivity index (χ0v) is 12.4. The summed E-state index contributed by atoms with van der Waals surface area (Å²) in [5.74, 6) is 0.760. The predicted molar refractivity (Wildman–Crippen MR) is 81.9 cm³/mol. The van der Waals surface area contributed by atoms with E-state index in [-0.39, 0.29) is 0 Å². The normalized spacial score (nSPS) is 11.0. The number of rotatable bonds is 3. The molecule has 0 saturated carbocycles. The van der Waals surface area contributed by atoms with E-state index in [1.165, 1.54) is 0 Å². The SMILES string of the molecule is c1csc(-c2nc(-c3nccs3)c(-c3nccs3)[nH]2)n1. The summed E-state index contributed by atoms with van der Waals surface area (Å²) in [6.07, 6.45) is 5.34. The largest absolute Gasteiger partial charge is 0.333 e. The second-order valence-corrected chi connectivity index (χ2v) is 6.50. The average Bonchev–Trinajstić information content (AvgIpc) is 3.22. The fraction of sp³-hybridized carbons (Fsp3) is 0. The molecule has 4 heterocycles. The molecule has 0 aliphatic heterocycles. The summed E-state index contributed by atoms with van der Waals surface area (Å²) in [7, 11) is 0. The molecule has 20 heavy (non-hydrogen) atoms. The van der Waals surface area contributed by atoms with Crippen LogP contribution in [0.3, 0.4) is 0 Å². The average molecular weight is 317 g/mol. The second kappa shape index (κ2) is 4.89. The fourth-order valence-corrected chi connectivity index (χ4v) is 3.66. The van der Waals surface area contributed by atoms with Gasteiger partial charge in [0.25, 0.3) is 0 Å². The summed E-state index contributed by atoms with van der Waals surface area (Å²) < 4.78 is 0. The number of aromatic amines is 1. The summed E-state index contributed by atoms with van der Waals surface area (Å²) in [6, 6.07) is 0. The molecule has 5 nitrogen and oxygen atoms in total. The quantitative estimate of drug-likeness (QED) is 0.624. The lowest BCUT2D eigenvalue weighted by Crippen LogP contribution is -1.81. The van der Waals surface area contributed by atoms with Crippen molar-refractivity contribution in [1.82, 2.24) is 24.9 Å². The van der Waals surface area contributed by atoms with Gasteiger partial charge in [0, 0.05) is 34.7 Å². The van der Waals surface area contributed by atoms with Crippen molar-refractivity contribution in [2.24, 2.45) is 0 Å². The standard InChI is InChI=1S/C12H7N5S3/c1-4-18-10(13-1)7-8(11-14-2-5-19-11)17-9(16-7)12-15-3-6-20-12/h1-6H,(H,16,17). The van der Waals surface area contributed by atoms with Crippen LogP contribution in [-0.2, 0) is 0 Å². The van der Waals surface area contributed by atoms with Gasteiger partial charge in [-0.15, -0.1) is 34.0 Å². The maximum absolute atomic E-state index is 4.66. The van der Waals surface area contributed by atoms with Gasteiger partial charge in [-0.05, 0) is 0 Å². The summed E-state index contributed by atoms with van der Waals surface area (Å²) in [5, 5.41) is 8.48. The summed E-state index contributed by atoms with van der Waals surface area (Å²) in [4.78, 5) is 21.0. The predicted octanol–water partition coefficient (Wildman–Crippen LogP) is 3.78. The van der Waals surface area contributed by atoms with E-state index in [0.29, 0.717) is 0 Å². The smallest absolute Gasteiger partial charge is 0.167 e. The molecule has 0 saturated heterocycles. The van der Waals surface area contributed by atoms with Crippen LogP contribution in [0.5, 0.6) is 0 Å². The first-order valence-electron chi connectivity index (χ1n) is 5.71. The molecule has 4 aromatic heterocycles. The lowest BCUT2D eigenvalue weighted by atomic mass is 10.3. The van der Waals surface area contributed by atoms with Gasteiger partial charge in [0.2, 0.25) is 0 Å². The summed E-state index contributed by atoms with van der Waals surface area (Å²) >= 11 is 4.69. The maximum atomic E-state index is 4.66. The molecule has 4 aromatic rings. The van der Waals surface area contributed by atoms with E-state index in [2.05, 4.69) is 24.9 Å². The van der Waals surface area contributed by atoms with Crippen molar-refractivity contribution in [3.8, 4) is 32.2 Å². The van der Waals surface area contributed by atoms with Gasteiger partial charge in [-0.3, -0.25) is 0 Å². The Morgan fingerprint density at radius 3 is 1.95 bits per heavy atom. The molecule has 0 amide bonds. The van der Waals surface area contributed by atoms with Gasteiger partial charge in [-0.2, -0.15) is 0 Å². The molecule has 0 aliphatic rings. The maximum Gasteiger partial charge on any atom is 0.167 e. The summed E-state index contributed by atoms with van der Waals surface area (Å²) in [5.41, 5.74) is 1.74. The number of nitrogens with zero attached hydrogens (tertiary/aromatic N) is 4. The molecule has 0 unspecified atom stereocenters. The van der Waals surface area contributed by atoms with Crippen molar-refractivity contribution in [2.75, 3.05) is 0 Å². The third kappa shape index (κ3) is 1.98. The van der Waals surface area contributed by atoms with Crippen molar-refractivity contribution in [3.63, 3.8) is 0 Å². The van der Waals surface area contributed by atoms with Gasteiger partial charge in [-0.1, -0.05) is 0 Å². The van der Waals surface area contributed by atoms with Crippen LogP contribution in [0.25, 0.3) is 32.2 Å². The van der Waals surface area contributed by atoms with E-state index in [1.54, 1.807) is 52.6 Å². The minimum atomic E-state index is 0.760. The van der Waals surface area contributed by atoms with Crippen molar-refractivity contribution in [2.45, 2.75) is 0 Å². The van der Waals surface area contributed by atoms with Crippen molar-refractivity contribution < 1.29 is 0 Å². The zero-order valence-electron chi connectivity index (χ0n) is 9.98. The van der Waals surface area contributed by atoms with E-state index in [9.17, 15) is 0 Å². The molecule has 0 bridgehead atoms. The lowest BCUT2D eigenvalue weighted by molar-refractivity contribution is 1.26. The molecular formula is C12H7N5S3. The van der Waals surface area contributed by atoms with Crippen LogP contribution >= 0.6 is 34.0 Å². The van der Waals surface area contributed by atoms with Crippen LogP contribution in [0, 0.1) is 0 Å². The van der Waals surface area contributed by atoms with Gasteiger partial charge in [-0.25, -0.2) is 19.9 Å². The topological polar surface area (TPSA) is 67.3 Å². The first kappa shape index (κ1) is 11.9. The highest BCUT2D eigenvalue weighted by atomic mass is 32.1. The first-order chi connectivity index (χ1) is 9.92. The Labute approximate surface area is 126 Å². The highest BCUT2D eigenvalue weighted by Gasteiger charge is 2.19. The Morgan fingerprint density at radius 1 is 0.750 bits per heavy atom. The Morgan fingerprint density at radius 2 is 1.35 bits per heavy atom. The van der Waals surface area contributed by atoms with Crippen molar-refractivity contribution in [3.05, 3.63) is 34.7 Å². The van der Waals surface area contributed by atoms with Gasteiger partial charge < -0.3 is 4.98 Å². The fourth-order valence-electron chi connectivity index (χ4n) is 1.81. The molecule has 0 aromatic carbocycles. The Hall–Kier alpha value is -1.90.